The molecule has 0 aromatic carbocycles. The fraction of sp³-hybridized carbons (Fsp3) is 0.714. The van der Waals surface area contributed by atoms with E-state index in [1.165, 1.54) is 11.8 Å². The van der Waals surface area contributed by atoms with Gasteiger partial charge in [-0.1, -0.05) is 27.7 Å². The molecule has 2 fully saturated rings. The van der Waals surface area contributed by atoms with E-state index in [-0.39, 0.29) is 69.2 Å². The number of rotatable bonds is 29. The number of hydrogen-bond acceptors (Lipinski definition) is 14. The Bertz CT molecular complexity index is 1810. The minimum atomic E-state index is -1.36. The summed E-state index contributed by atoms with van der Waals surface area (Å²) in [5.41, 5.74) is 10.8. The van der Waals surface area contributed by atoms with Crippen LogP contribution < -0.4 is 59.3 Å². The molecule has 2 aliphatic heterocycles. The van der Waals surface area contributed by atoms with Crippen molar-refractivity contribution in [2.45, 2.75) is 141 Å². The van der Waals surface area contributed by atoms with Gasteiger partial charge in [-0.05, 0) is 76.7 Å². The molecule has 0 aromatic heterocycles. The van der Waals surface area contributed by atoms with Gasteiger partial charge in [-0.3, -0.25) is 58.1 Å². The summed E-state index contributed by atoms with van der Waals surface area (Å²) in [4.78, 5) is 154. The van der Waals surface area contributed by atoms with Gasteiger partial charge >= 0.3 is 5.97 Å². The zero-order valence-electron chi connectivity index (χ0n) is 39.0. The van der Waals surface area contributed by atoms with Gasteiger partial charge in [0.05, 0.1) is 32.2 Å². The molecule has 0 spiro atoms. The maximum Gasteiger partial charge on any atom is 0.326 e. The van der Waals surface area contributed by atoms with Gasteiger partial charge in [-0.15, -0.1) is 0 Å². The fourth-order valence-electron chi connectivity index (χ4n) is 7.25. The molecule has 2 heterocycles. The molecule has 7 atom stereocenters. The minimum absolute atomic E-state index is 0.0188. The molecule has 25 nitrogen and oxygen atoms in total. The van der Waals surface area contributed by atoms with Gasteiger partial charge in [0.1, 0.15) is 42.0 Å². The lowest BCUT2D eigenvalue weighted by Gasteiger charge is -2.26. The molecule has 2 saturated heterocycles. The summed E-state index contributed by atoms with van der Waals surface area (Å²) < 4.78 is 0. The smallest absolute Gasteiger partial charge is 0.326 e. The standard InChI is InChI=1S/C42H70N12O13/c1-22(2)15-29(53-39(63)26(11-12-32(44)56)50-33(57)19-46-37(61)28-17-25(55)18-45-28)38(62)47-20-34(58)51-30(16-23(3)4)40(64)49-24(5)36(60)48-21-35(59)54-14-8-10-31(54)41(65)52-27(42(66)67)9-6-7-13-43/h22-24,26-31,45H,6-21,43H2,1-5H3,(H2,44,56)(H,46,61)(H,47,62)(H,48,60)(H,49,64)(H,50,57)(H,51,58)(H,52,65)(H,53,63)(H,66,67)/t24-,26-,27-,28-,29-,30-,31-/m0/s1. The lowest BCUT2D eigenvalue weighted by Crippen LogP contribution is -2.57. The molecular formula is C42H70N12O13. The van der Waals surface area contributed by atoms with Gasteiger partial charge in [-0.2, -0.15) is 0 Å². The lowest BCUT2D eigenvalue weighted by atomic mass is 10.0. The second-order valence-electron chi connectivity index (χ2n) is 17.6. The van der Waals surface area contributed by atoms with Crippen LogP contribution in [0.4, 0.5) is 0 Å². The average Bonchev–Trinajstić information content (AvgIpc) is 3.93. The first-order valence-corrected chi connectivity index (χ1v) is 22.6. The van der Waals surface area contributed by atoms with E-state index in [1.807, 2.05) is 0 Å². The number of aliphatic carboxylic acids is 1. The molecule has 376 valence electrons. The Kier molecular flexibility index (Phi) is 24.4. The summed E-state index contributed by atoms with van der Waals surface area (Å²) in [5.74, 6) is -8.95. The largest absolute Gasteiger partial charge is 0.480 e. The van der Waals surface area contributed by atoms with E-state index in [1.54, 1.807) is 27.7 Å². The number of likely N-dealkylation sites (tertiary alicyclic amines) is 1. The summed E-state index contributed by atoms with van der Waals surface area (Å²) >= 11 is 0. The first-order chi connectivity index (χ1) is 31.5. The number of nitrogens with two attached hydrogens (primary N) is 2. The Morgan fingerprint density at radius 1 is 0.687 bits per heavy atom. The number of unbranched alkanes of at least 4 members (excludes halogenated alkanes) is 1. The third kappa shape index (κ3) is 20.9. The molecule has 0 aliphatic carbocycles. The Hall–Kier alpha value is -6.24. The monoisotopic (exact) mass is 951 g/mol. The highest BCUT2D eigenvalue weighted by Crippen LogP contribution is 2.18. The Balaban J connectivity index is 1.98. The summed E-state index contributed by atoms with van der Waals surface area (Å²) in [5, 5.41) is 32.0. The van der Waals surface area contributed by atoms with Gasteiger partial charge in [0.2, 0.25) is 59.1 Å². The first kappa shape index (κ1) is 56.9. The average molecular weight is 951 g/mol. The van der Waals surface area contributed by atoms with Crippen molar-refractivity contribution in [2.24, 2.45) is 23.3 Å². The number of primary amides is 1. The quantitative estimate of drug-likeness (QED) is 0.0314. The SMILES string of the molecule is CC(C)C[C@H](NC(=O)CNC(=O)[C@H](CC(C)C)NC(=O)[C@H](CCC(N)=O)NC(=O)CNC(=O)[C@@H]1CC(=O)CN1)C(=O)N[C@@H](C)C(=O)NCC(=O)N1CCC[C@H]1C(=O)N[C@@H](CCCCN)C(=O)O. The fourth-order valence-corrected chi connectivity index (χ4v) is 7.25. The summed E-state index contributed by atoms with van der Waals surface area (Å²) in [6.45, 7) is 7.37. The second-order valence-corrected chi connectivity index (χ2v) is 17.6. The van der Waals surface area contributed by atoms with E-state index in [9.17, 15) is 62.6 Å². The highest BCUT2D eigenvalue weighted by molar-refractivity contribution is 5.98. The van der Waals surface area contributed by atoms with Crippen molar-refractivity contribution in [2.75, 3.05) is 39.3 Å². The molecule has 0 radical (unpaired) electrons. The van der Waals surface area contributed by atoms with Gasteiger partial charge in [0, 0.05) is 19.4 Å². The second kappa shape index (κ2) is 28.7. The Morgan fingerprint density at radius 3 is 1.84 bits per heavy atom. The Morgan fingerprint density at radius 2 is 1.27 bits per heavy atom. The van der Waals surface area contributed by atoms with Crippen LogP contribution in [0.3, 0.4) is 0 Å². The van der Waals surface area contributed by atoms with E-state index in [0.29, 0.717) is 32.2 Å². The molecule has 0 saturated carbocycles. The van der Waals surface area contributed by atoms with Crippen LogP contribution in [0.5, 0.6) is 0 Å². The number of nitrogens with one attached hydrogen (secondary N) is 9. The van der Waals surface area contributed by atoms with Crippen LogP contribution in [0.25, 0.3) is 0 Å². The van der Waals surface area contributed by atoms with Crippen molar-refractivity contribution in [1.82, 2.24) is 52.8 Å². The van der Waals surface area contributed by atoms with Crippen LogP contribution in [0.15, 0.2) is 0 Å². The molecule has 0 unspecified atom stereocenters. The summed E-state index contributed by atoms with van der Waals surface area (Å²) in [6, 6.07) is -7.84. The molecule has 14 N–H and O–H groups in total. The maximum absolute atomic E-state index is 13.4. The van der Waals surface area contributed by atoms with Crippen LogP contribution in [0.1, 0.15) is 98.8 Å². The zero-order chi connectivity index (χ0) is 50.4. The highest BCUT2D eigenvalue weighted by Gasteiger charge is 2.36. The molecule has 67 heavy (non-hydrogen) atoms. The number of amides is 10. The molecule has 0 aromatic rings. The predicted molar refractivity (Wildman–Crippen MR) is 238 cm³/mol. The third-order valence-electron chi connectivity index (χ3n) is 10.8. The summed E-state index contributed by atoms with van der Waals surface area (Å²) in [7, 11) is 0. The molecule has 10 amide bonds. The van der Waals surface area contributed by atoms with Crippen molar-refractivity contribution in [1.29, 1.82) is 0 Å². The van der Waals surface area contributed by atoms with Crippen molar-refractivity contribution in [3.8, 4) is 0 Å². The number of carbonyl (C=O) groups excluding carboxylic acids is 11. The van der Waals surface area contributed by atoms with Crippen LogP contribution in [-0.2, 0) is 57.5 Å². The van der Waals surface area contributed by atoms with Gasteiger partial charge in [0.25, 0.3) is 0 Å². The summed E-state index contributed by atoms with van der Waals surface area (Å²) in [6.07, 6.45) is 1.62. The topological polar surface area (TPSA) is 389 Å². The Labute approximate surface area is 389 Å². The normalized spacial score (nSPS) is 17.9. The van der Waals surface area contributed by atoms with Gasteiger partial charge in [-0.25, -0.2) is 4.79 Å². The third-order valence-corrected chi connectivity index (χ3v) is 10.8. The van der Waals surface area contributed by atoms with Crippen LogP contribution >= 0.6 is 0 Å². The first-order valence-electron chi connectivity index (χ1n) is 22.6. The minimum Gasteiger partial charge on any atom is -0.480 e. The molecule has 25 heteroatoms. The number of hydrogen-bond donors (Lipinski definition) is 12. The van der Waals surface area contributed by atoms with E-state index in [4.69, 9.17) is 11.5 Å². The van der Waals surface area contributed by atoms with Crippen LogP contribution in [0.2, 0.25) is 0 Å². The predicted octanol–water partition coefficient (Wildman–Crippen LogP) is -4.73. The van der Waals surface area contributed by atoms with Gasteiger partial charge in [0.15, 0.2) is 0 Å². The van der Waals surface area contributed by atoms with E-state index < -0.39 is 127 Å². The molecule has 2 aliphatic rings. The molecular weight excluding hydrogens is 881 g/mol. The molecule has 2 rings (SSSR count). The van der Waals surface area contributed by atoms with E-state index in [0.717, 1.165) is 0 Å². The van der Waals surface area contributed by atoms with E-state index in [2.05, 4.69) is 47.9 Å². The zero-order valence-corrected chi connectivity index (χ0v) is 39.0. The number of nitrogens with zero attached hydrogens (tertiary/aromatic N) is 1. The number of carbonyl (C=O) groups is 12. The van der Waals surface area contributed by atoms with Gasteiger partial charge < -0.3 is 64.0 Å². The number of carboxylic acids is 1. The number of Topliss-reactive ketones (excluding diaryl/α,β-unsaturated/α-hetero) is 1. The van der Waals surface area contributed by atoms with Crippen molar-refractivity contribution < 1.29 is 62.6 Å². The number of ketones is 1. The van der Waals surface area contributed by atoms with E-state index >= 15 is 0 Å². The van der Waals surface area contributed by atoms with Crippen molar-refractivity contribution in [3.05, 3.63) is 0 Å². The maximum atomic E-state index is 13.4. The molecule has 0 bridgehead atoms. The lowest BCUT2D eigenvalue weighted by molar-refractivity contribution is -0.144. The number of carboxylic acid groups (broad SMARTS) is 1. The highest BCUT2D eigenvalue weighted by atomic mass is 16.4. The van der Waals surface area contributed by atoms with Crippen molar-refractivity contribution >= 4 is 70.8 Å². The van der Waals surface area contributed by atoms with Crippen molar-refractivity contribution in [3.63, 3.8) is 0 Å². The van der Waals surface area contributed by atoms with Crippen LogP contribution in [-0.4, -0.2) is 162 Å². The van der Waals surface area contributed by atoms with Crippen LogP contribution in [0, 0.1) is 11.8 Å².